The van der Waals surface area contributed by atoms with Crippen molar-refractivity contribution < 1.29 is 14.4 Å². The third-order valence-corrected chi connectivity index (χ3v) is 6.23. The first kappa shape index (κ1) is 16.7. The van der Waals surface area contributed by atoms with Crippen molar-refractivity contribution in [3.8, 4) is 0 Å². The Morgan fingerprint density at radius 3 is 2.58 bits per heavy atom. The Hall–Kier alpha value is -2.17. The van der Waals surface area contributed by atoms with E-state index in [2.05, 4.69) is 5.32 Å². The lowest BCUT2D eigenvalue weighted by atomic mass is 9.62. The number of para-hydroxylation sites is 1. The van der Waals surface area contributed by atoms with Crippen LogP contribution in [0.4, 0.5) is 5.69 Å². The van der Waals surface area contributed by atoms with Gasteiger partial charge in [-0.3, -0.25) is 19.3 Å². The first-order chi connectivity index (χ1) is 11.2. The fraction of sp³-hybridized carbons (Fsp3) is 0.526. The lowest BCUT2D eigenvalue weighted by Gasteiger charge is -2.47. The van der Waals surface area contributed by atoms with Crippen LogP contribution in [0.25, 0.3) is 0 Å². The third-order valence-electron chi connectivity index (χ3n) is 6.23. The van der Waals surface area contributed by atoms with E-state index in [0.717, 1.165) is 10.5 Å². The number of fused-ring (bicyclic) bond motifs is 2. The molecule has 3 rings (SSSR count). The second-order valence-corrected chi connectivity index (χ2v) is 7.74. The van der Waals surface area contributed by atoms with E-state index in [1.165, 1.54) is 0 Å². The van der Waals surface area contributed by atoms with E-state index in [9.17, 15) is 14.4 Å². The average molecular weight is 328 g/mol. The van der Waals surface area contributed by atoms with Crippen molar-refractivity contribution in [2.75, 3.05) is 11.9 Å². The first-order valence-electron chi connectivity index (χ1n) is 8.40. The second-order valence-electron chi connectivity index (χ2n) is 7.74. The minimum Gasteiger partial charge on any atom is -0.324 e. The summed E-state index contributed by atoms with van der Waals surface area (Å²) in [6.45, 7) is 7.59. The number of likely N-dealkylation sites (tertiary alicyclic amines) is 1. The summed E-state index contributed by atoms with van der Waals surface area (Å²) in [6.07, 6.45) is 1.41. The van der Waals surface area contributed by atoms with Crippen molar-refractivity contribution in [3.05, 3.63) is 29.8 Å². The quantitative estimate of drug-likeness (QED) is 0.868. The predicted octanol–water partition coefficient (Wildman–Crippen LogP) is 2.74. The van der Waals surface area contributed by atoms with Gasteiger partial charge in [0, 0.05) is 11.6 Å². The molecule has 1 aliphatic heterocycles. The van der Waals surface area contributed by atoms with Crippen LogP contribution in [0.1, 0.15) is 39.2 Å². The van der Waals surface area contributed by atoms with Gasteiger partial charge in [0.2, 0.25) is 17.7 Å². The molecule has 3 amide bonds. The molecule has 1 heterocycles. The molecule has 2 bridgehead atoms. The fourth-order valence-corrected chi connectivity index (χ4v) is 4.10. The zero-order valence-electron chi connectivity index (χ0n) is 14.7. The molecule has 0 spiro atoms. The van der Waals surface area contributed by atoms with Gasteiger partial charge in [0.15, 0.2) is 0 Å². The van der Waals surface area contributed by atoms with E-state index in [4.69, 9.17) is 0 Å². The SMILES string of the molecule is Cc1ccccc1NC(=O)CN1C(=O)C2CCC(C)(C1=O)C2(C)C. The minimum atomic E-state index is -0.575. The number of hydrogen-bond acceptors (Lipinski definition) is 3. The Morgan fingerprint density at radius 2 is 1.92 bits per heavy atom. The van der Waals surface area contributed by atoms with Gasteiger partial charge in [-0.2, -0.15) is 0 Å². The number of rotatable bonds is 3. The van der Waals surface area contributed by atoms with E-state index >= 15 is 0 Å². The van der Waals surface area contributed by atoms with Crippen LogP contribution < -0.4 is 5.32 Å². The maximum absolute atomic E-state index is 12.9. The van der Waals surface area contributed by atoms with E-state index in [1.54, 1.807) is 6.07 Å². The largest absolute Gasteiger partial charge is 0.324 e. The number of amides is 3. The number of nitrogens with one attached hydrogen (secondary N) is 1. The van der Waals surface area contributed by atoms with Crippen LogP contribution in [0.3, 0.4) is 0 Å². The van der Waals surface area contributed by atoms with Crippen LogP contribution in [-0.4, -0.2) is 29.2 Å². The van der Waals surface area contributed by atoms with Crippen LogP contribution in [0.2, 0.25) is 0 Å². The van der Waals surface area contributed by atoms with Crippen LogP contribution in [0.15, 0.2) is 24.3 Å². The van der Waals surface area contributed by atoms with Gasteiger partial charge in [-0.05, 0) is 36.8 Å². The molecule has 2 aliphatic rings. The number of anilines is 1. The zero-order chi connectivity index (χ0) is 17.7. The highest BCUT2D eigenvalue weighted by Gasteiger charge is 2.64. The predicted molar refractivity (Wildman–Crippen MR) is 91.1 cm³/mol. The van der Waals surface area contributed by atoms with Crippen molar-refractivity contribution in [2.24, 2.45) is 16.7 Å². The van der Waals surface area contributed by atoms with Crippen LogP contribution in [-0.2, 0) is 14.4 Å². The molecule has 1 saturated heterocycles. The van der Waals surface area contributed by atoms with Crippen molar-refractivity contribution in [1.82, 2.24) is 4.90 Å². The maximum Gasteiger partial charge on any atom is 0.244 e. The van der Waals surface area contributed by atoms with Gasteiger partial charge in [0.05, 0.1) is 5.41 Å². The van der Waals surface area contributed by atoms with E-state index < -0.39 is 5.41 Å². The molecule has 1 aromatic carbocycles. The Bertz CT molecular complexity index is 725. The lowest BCUT2D eigenvalue weighted by molar-refractivity contribution is -0.168. The lowest BCUT2D eigenvalue weighted by Crippen LogP contribution is -2.60. The number of carbonyl (C=O) groups excluding carboxylic acids is 3. The average Bonchev–Trinajstić information content (AvgIpc) is 2.71. The summed E-state index contributed by atoms with van der Waals surface area (Å²) in [5, 5.41) is 2.80. The van der Waals surface area contributed by atoms with Crippen molar-refractivity contribution >= 4 is 23.4 Å². The summed E-state index contributed by atoms with van der Waals surface area (Å²) in [7, 11) is 0. The summed E-state index contributed by atoms with van der Waals surface area (Å²) >= 11 is 0. The number of benzene rings is 1. The first-order valence-corrected chi connectivity index (χ1v) is 8.40. The molecule has 2 atom stereocenters. The fourth-order valence-electron chi connectivity index (χ4n) is 4.10. The number of aryl methyl sites for hydroxylation is 1. The second kappa shape index (κ2) is 5.43. The van der Waals surface area contributed by atoms with Crippen molar-refractivity contribution in [2.45, 2.75) is 40.5 Å². The topological polar surface area (TPSA) is 66.5 Å². The molecule has 0 radical (unpaired) electrons. The van der Waals surface area contributed by atoms with Crippen molar-refractivity contribution in [1.29, 1.82) is 0 Å². The smallest absolute Gasteiger partial charge is 0.244 e. The van der Waals surface area contributed by atoms with E-state index in [1.807, 2.05) is 45.9 Å². The molecule has 128 valence electrons. The Labute approximate surface area is 142 Å². The maximum atomic E-state index is 12.9. The summed E-state index contributed by atoms with van der Waals surface area (Å²) in [6, 6.07) is 7.44. The molecule has 5 nitrogen and oxygen atoms in total. The van der Waals surface area contributed by atoms with Crippen LogP contribution >= 0.6 is 0 Å². The number of hydrogen-bond donors (Lipinski definition) is 1. The highest BCUT2D eigenvalue weighted by Crippen LogP contribution is 2.59. The Kier molecular flexibility index (Phi) is 3.78. The molecule has 1 aliphatic carbocycles. The third kappa shape index (κ3) is 2.26. The van der Waals surface area contributed by atoms with E-state index in [0.29, 0.717) is 18.5 Å². The van der Waals surface area contributed by atoms with E-state index in [-0.39, 0.29) is 35.6 Å². The molecule has 2 unspecified atom stereocenters. The normalized spacial score (nSPS) is 28.2. The molecule has 1 N–H and O–H groups in total. The van der Waals surface area contributed by atoms with Gasteiger partial charge in [0.1, 0.15) is 6.54 Å². The van der Waals surface area contributed by atoms with Gasteiger partial charge in [0.25, 0.3) is 0 Å². The molecule has 5 heteroatoms. The summed E-state index contributed by atoms with van der Waals surface area (Å²) in [5.74, 6) is -0.953. The molecular formula is C19H24N2O3. The molecule has 1 aromatic rings. The number of carbonyl (C=O) groups is 3. The summed E-state index contributed by atoms with van der Waals surface area (Å²) < 4.78 is 0. The molecule has 24 heavy (non-hydrogen) atoms. The number of imide groups is 1. The van der Waals surface area contributed by atoms with Gasteiger partial charge in [-0.15, -0.1) is 0 Å². The van der Waals surface area contributed by atoms with Gasteiger partial charge in [-0.1, -0.05) is 39.0 Å². The molecule has 0 aromatic heterocycles. The highest BCUT2D eigenvalue weighted by molar-refractivity contribution is 6.07. The van der Waals surface area contributed by atoms with Gasteiger partial charge in [-0.25, -0.2) is 0 Å². The number of nitrogens with zero attached hydrogens (tertiary/aromatic N) is 1. The van der Waals surface area contributed by atoms with Gasteiger partial charge < -0.3 is 5.32 Å². The Balaban J connectivity index is 1.79. The minimum absolute atomic E-state index is 0.188. The summed E-state index contributed by atoms with van der Waals surface area (Å²) in [5.41, 5.74) is 0.711. The van der Waals surface area contributed by atoms with Crippen LogP contribution in [0, 0.1) is 23.7 Å². The summed E-state index contributed by atoms with van der Waals surface area (Å²) in [4.78, 5) is 39.2. The molecular weight excluding hydrogens is 304 g/mol. The molecule has 2 fully saturated rings. The van der Waals surface area contributed by atoms with Gasteiger partial charge >= 0.3 is 0 Å². The van der Waals surface area contributed by atoms with Crippen LogP contribution in [0.5, 0.6) is 0 Å². The Morgan fingerprint density at radius 1 is 1.25 bits per heavy atom. The highest BCUT2D eigenvalue weighted by atomic mass is 16.2. The number of piperidine rings is 1. The zero-order valence-corrected chi connectivity index (χ0v) is 14.7. The van der Waals surface area contributed by atoms with Crippen molar-refractivity contribution in [3.63, 3.8) is 0 Å². The standard InChI is InChI=1S/C19H24N2O3/c1-12-7-5-6-8-14(12)20-15(22)11-21-16(23)13-9-10-19(4,17(21)24)18(13,2)3/h5-8,13H,9-11H2,1-4H3,(H,20,22). The molecule has 1 saturated carbocycles. The monoisotopic (exact) mass is 328 g/mol.